The topological polar surface area (TPSA) is 17.1 Å². The monoisotopic (exact) mass is 228 g/mol. The van der Waals surface area contributed by atoms with Crippen LogP contribution in [0.5, 0.6) is 0 Å². The van der Waals surface area contributed by atoms with Crippen LogP contribution in [-0.4, -0.2) is 5.78 Å². The highest BCUT2D eigenvalue weighted by molar-refractivity contribution is 6.00. The van der Waals surface area contributed by atoms with Gasteiger partial charge in [-0.1, -0.05) is 13.8 Å². The van der Waals surface area contributed by atoms with Gasteiger partial charge in [0.1, 0.15) is 0 Å². The number of hydrogen-bond donors (Lipinski definition) is 0. The van der Waals surface area contributed by atoms with Crippen LogP contribution in [0.3, 0.4) is 0 Å². The van der Waals surface area contributed by atoms with Gasteiger partial charge in [-0.05, 0) is 24.0 Å². The first-order valence-corrected chi connectivity index (χ1v) is 5.02. The molecule has 1 unspecified atom stereocenters. The van der Waals surface area contributed by atoms with E-state index in [0.717, 1.165) is 12.1 Å². The number of halogens is 3. The standard InChI is InChI=1S/C12H11F3O/c1-12(2)5-7(12)11(16)6-3-4-8(13)10(15)9(6)14/h3-4,7H,5H2,1-2H3. The smallest absolute Gasteiger partial charge is 0.195 e. The van der Waals surface area contributed by atoms with Crippen LogP contribution in [0.2, 0.25) is 0 Å². The molecule has 0 spiro atoms. The van der Waals surface area contributed by atoms with Crippen molar-refractivity contribution >= 4 is 5.78 Å². The van der Waals surface area contributed by atoms with E-state index >= 15 is 0 Å². The molecular weight excluding hydrogens is 217 g/mol. The summed E-state index contributed by atoms with van der Waals surface area (Å²) in [6, 6.07) is 1.78. The normalized spacial score (nSPS) is 21.9. The molecule has 1 atom stereocenters. The van der Waals surface area contributed by atoms with Crippen molar-refractivity contribution < 1.29 is 18.0 Å². The molecule has 86 valence electrons. The Labute approximate surface area is 91.3 Å². The highest BCUT2D eigenvalue weighted by atomic mass is 19.2. The third kappa shape index (κ3) is 1.62. The summed E-state index contributed by atoms with van der Waals surface area (Å²) < 4.78 is 38.9. The van der Waals surface area contributed by atoms with Gasteiger partial charge in [-0.2, -0.15) is 0 Å². The van der Waals surface area contributed by atoms with Crippen LogP contribution in [0.25, 0.3) is 0 Å². The third-order valence-electron chi connectivity index (χ3n) is 3.13. The lowest BCUT2D eigenvalue weighted by atomic mass is 10.0. The molecule has 0 amide bonds. The Morgan fingerprint density at radius 3 is 2.31 bits per heavy atom. The van der Waals surface area contributed by atoms with Gasteiger partial charge in [-0.25, -0.2) is 13.2 Å². The number of benzene rings is 1. The zero-order valence-corrected chi connectivity index (χ0v) is 8.98. The van der Waals surface area contributed by atoms with Gasteiger partial charge in [0.2, 0.25) is 0 Å². The predicted octanol–water partition coefficient (Wildman–Crippen LogP) is 3.33. The number of hydrogen-bond acceptors (Lipinski definition) is 1. The van der Waals surface area contributed by atoms with Crippen LogP contribution in [0.15, 0.2) is 12.1 Å². The number of carbonyl (C=O) groups excluding carboxylic acids is 1. The Morgan fingerprint density at radius 2 is 1.81 bits per heavy atom. The van der Waals surface area contributed by atoms with Crippen LogP contribution >= 0.6 is 0 Å². The van der Waals surface area contributed by atoms with Gasteiger partial charge in [0.15, 0.2) is 23.2 Å². The van der Waals surface area contributed by atoms with Crippen molar-refractivity contribution in [1.82, 2.24) is 0 Å². The van der Waals surface area contributed by atoms with E-state index in [2.05, 4.69) is 0 Å². The van der Waals surface area contributed by atoms with E-state index in [1.54, 1.807) is 0 Å². The van der Waals surface area contributed by atoms with E-state index < -0.39 is 23.2 Å². The van der Waals surface area contributed by atoms with Crippen LogP contribution in [-0.2, 0) is 0 Å². The molecule has 4 heteroatoms. The van der Waals surface area contributed by atoms with Crippen molar-refractivity contribution in [2.75, 3.05) is 0 Å². The molecular formula is C12H11F3O. The average Bonchev–Trinajstić information content (AvgIpc) is 2.84. The molecule has 2 rings (SSSR count). The van der Waals surface area contributed by atoms with Crippen molar-refractivity contribution in [3.8, 4) is 0 Å². The van der Waals surface area contributed by atoms with Crippen molar-refractivity contribution in [3.05, 3.63) is 35.1 Å². The molecule has 1 aliphatic rings. The molecule has 0 radical (unpaired) electrons. The van der Waals surface area contributed by atoms with Gasteiger partial charge < -0.3 is 0 Å². The lowest BCUT2D eigenvalue weighted by Crippen LogP contribution is -2.10. The summed E-state index contributed by atoms with van der Waals surface area (Å²) in [5.74, 6) is -4.96. The summed E-state index contributed by atoms with van der Waals surface area (Å²) in [6.45, 7) is 3.76. The van der Waals surface area contributed by atoms with Crippen molar-refractivity contribution in [2.45, 2.75) is 20.3 Å². The zero-order chi connectivity index (χ0) is 12.1. The summed E-state index contributed by atoms with van der Waals surface area (Å²) in [4.78, 5) is 11.8. The van der Waals surface area contributed by atoms with Crippen molar-refractivity contribution in [3.63, 3.8) is 0 Å². The van der Waals surface area contributed by atoms with Crippen molar-refractivity contribution in [2.24, 2.45) is 11.3 Å². The largest absolute Gasteiger partial charge is 0.294 e. The van der Waals surface area contributed by atoms with Crippen LogP contribution in [0.1, 0.15) is 30.6 Å². The van der Waals surface area contributed by atoms with Gasteiger partial charge in [0, 0.05) is 5.92 Å². The molecule has 0 saturated heterocycles. The van der Waals surface area contributed by atoms with Crippen molar-refractivity contribution in [1.29, 1.82) is 0 Å². The fraction of sp³-hybridized carbons (Fsp3) is 0.417. The highest BCUT2D eigenvalue weighted by Crippen LogP contribution is 2.53. The Kier molecular flexibility index (Phi) is 2.33. The third-order valence-corrected chi connectivity index (χ3v) is 3.13. The molecule has 1 aliphatic carbocycles. The maximum Gasteiger partial charge on any atom is 0.195 e. The molecule has 0 aromatic heterocycles. The molecule has 0 N–H and O–H groups in total. The second-order valence-electron chi connectivity index (χ2n) is 4.83. The molecule has 0 bridgehead atoms. The summed E-state index contributed by atoms with van der Waals surface area (Å²) in [6.07, 6.45) is 0.657. The molecule has 1 nitrogen and oxygen atoms in total. The Balaban J connectivity index is 2.36. The lowest BCUT2D eigenvalue weighted by molar-refractivity contribution is 0.0948. The average molecular weight is 228 g/mol. The number of ketones is 1. The first-order chi connectivity index (χ1) is 7.34. The van der Waals surface area contributed by atoms with E-state index in [0.29, 0.717) is 6.42 Å². The van der Waals surface area contributed by atoms with Crippen LogP contribution in [0.4, 0.5) is 13.2 Å². The molecule has 1 saturated carbocycles. The Hall–Kier alpha value is -1.32. The minimum Gasteiger partial charge on any atom is -0.294 e. The minimum atomic E-state index is -1.58. The fourth-order valence-corrected chi connectivity index (χ4v) is 1.82. The zero-order valence-electron chi connectivity index (χ0n) is 8.98. The molecule has 1 fully saturated rings. The van der Waals surface area contributed by atoms with Gasteiger partial charge in [0.05, 0.1) is 5.56 Å². The second-order valence-corrected chi connectivity index (χ2v) is 4.83. The molecule has 1 aromatic carbocycles. The number of carbonyl (C=O) groups is 1. The van der Waals surface area contributed by atoms with Gasteiger partial charge >= 0.3 is 0 Å². The minimum absolute atomic E-state index is 0.158. The fourth-order valence-electron chi connectivity index (χ4n) is 1.82. The SMILES string of the molecule is CC1(C)CC1C(=O)c1ccc(F)c(F)c1F. The lowest BCUT2D eigenvalue weighted by Gasteiger charge is -2.05. The number of rotatable bonds is 2. The quantitative estimate of drug-likeness (QED) is 0.560. The Bertz CT molecular complexity index is 466. The highest BCUT2D eigenvalue weighted by Gasteiger charge is 2.51. The summed E-state index contributed by atoms with van der Waals surface area (Å²) in [5, 5.41) is 0. The van der Waals surface area contributed by atoms with Gasteiger partial charge in [0.25, 0.3) is 0 Å². The first-order valence-electron chi connectivity index (χ1n) is 5.02. The summed E-state index contributed by atoms with van der Waals surface area (Å²) >= 11 is 0. The second kappa shape index (κ2) is 3.34. The predicted molar refractivity (Wildman–Crippen MR) is 52.5 cm³/mol. The van der Waals surface area contributed by atoms with Gasteiger partial charge in [-0.15, -0.1) is 0 Å². The van der Waals surface area contributed by atoms with E-state index in [4.69, 9.17) is 0 Å². The molecule has 0 heterocycles. The summed E-state index contributed by atoms with van der Waals surface area (Å²) in [7, 11) is 0. The summed E-state index contributed by atoms with van der Waals surface area (Å²) in [5.41, 5.74) is -0.511. The van der Waals surface area contributed by atoms with Crippen LogP contribution in [0, 0.1) is 28.8 Å². The molecule has 16 heavy (non-hydrogen) atoms. The number of Topliss-reactive ketones (excluding diaryl/α,β-unsaturated/α-hetero) is 1. The maximum atomic E-state index is 13.3. The van der Waals surface area contributed by atoms with E-state index in [9.17, 15) is 18.0 Å². The Morgan fingerprint density at radius 1 is 1.25 bits per heavy atom. The first kappa shape index (κ1) is 11.2. The van der Waals surface area contributed by atoms with E-state index in [-0.39, 0.29) is 16.9 Å². The van der Waals surface area contributed by atoms with E-state index in [1.807, 2.05) is 13.8 Å². The van der Waals surface area contributed by atoms with Gasteiger partial charge in [-0.3, -0.25) is 4.79 Å². The van der Waals surface area contributed by atoms with Crippen LogP contribution < -0.4 is 0 Å². The molecule has 0 aliphatic heterocycles. The van der Waals surface area contributed by atoms with E-state index in [1.165, 1.54) is 0 Å². The maximum absolute atomic E-state index is 13.3. The molecule has 1 aromatic rings.